The zero-order valence-corrected chi connectivity index (χ0v) is 12.8. The summed E-state index contributed by atoms with van der Waals surface area (Å²) in [5, 5.41) is 0. The quantitative estimate of drug-likeness (QED) is 0.868. The predicted octanol–water partition coefficient (Wildman–Crippen LogP) is 2.65. The highest BCUT2D eigenvalue weighted by atomic mass is 16.5. The van der Waals surface area contributed by atoms with Gasteiger partial charge in [-0.25, -0.2) is 0 Å². The largest absolute Gasteiger partial charge is 0.378 e. The van der Waals surface area contributed by atoms with Crippen LogP contribution >= 0.6 is 0 Å². The lowest BCUT2D eigenvalue weighted by molar-refractivity contribution is -0.0495. The minimum absolute atomic E-state index is 0.393. The summed E-state index contributed by atoms with van der Waals surface area (Å²) in [6.45, 7) is 8.05. The van der Waals surface area contributed by atoms with Gasteiger partial charge in [0.25, 0.3) is 0 Å². The number of hydrogen-bond donors (Lipinski definition) is 1. The van der Waals surface area contributed by atoms with Crippen molar-refractivity contribution in [3.05, 3.63) is 35.9 Å². The van der Waals surface area contributed by atoms with E-state index < -0.39 is 0 Å². The molecule has 0 radical (unpaired) electrons. The van der Waals surface area contributed by atoms with Crippen molar-refractivity contribution >= 4 is 0 Å². The first-order chi connectivity index (χ1) is 9.70. The monoisotopic (exact) mass is 276 g/mol. The second-order valence-corrected chi connectivity index (χ2v) is 6.08. The Bertz CT molecular complexity index is 380. The van der Waals surface area contributed by atoms with Crippen molar-refractivity contribution in [2.45, 2.75) is 45.4 Å². The van der Waals surface area contributed by atoms with E-state index in [2.05, 4.69) is 49.1 Å². The SMILES string of the molecule is CC(C)C1CC(N(CCN)Cc2ccccc2)CCO1. The molecule has 2 atom stereocenters. The summed E-state index contributed by atoms with van der Waals surface area (Å²) < 4.78 is 5.89. The Balaban J connectivity index is 2.00. The van der Waals surface area contributed by atoms with Crippen molar-refractivity contribution in [1.29, 1.82) is 0 Å². The number of benzene rings is 1. The van der Waals surface area contributed by atoms with E-state index in [-0.39, 0.29) is 0 Å². The Morgan fingerprint density at radius 2 is 2.05 bits per heavy atom. The molecule has 3 nitrogen and oxygen atoms in total. The van der Waals surface area contributed by atoms with E-state index >= 15 is 0 Å². The van der Waals surface area contributed by atoms with E-state index in [1.165, 1.54) is 5.56 Å². The molecule has 2 unspecified atom stereocenters. The van der Waals surface area contributed by atoms with Gasteiger partial charge in [0.05, 0.1) is 6.10 Å². The van der Waals surface area contributed by atoms with E-state index in [4.69, 9.17) is 10.5 Å². The van der Waals surface area contributed by atoms with Crippen molar-refractivity contribution in [1.82, 2.24) is 4.90 Å². The fourth-order valence-corrected chi connectivity index (χ4v) is 2.98. The molecule has 1 fully saturated rings. The first-order valence-electron chi connectivity index (χ1n) is 7.80. The summed E-state index contributed by atoms with van der Waals surface area (Å²) in [5.41, 5.74) is 7.18. The van der Waals surface area contributed by atoms with E-state index in [0.29, 0.717) is 18.1 Å². The number of rotatable bonds is 6. The molecule has 0 bridgehead atoms. The van der Waals surface area contributed by atoms with Crippen molar-refractivity contribution < 1.29 is 4.74 Å². The zero-order chi connectivity index (χ0) is 14.4. The summed E-state index contributed by atoms with van der Waals surface area (Å²) in [4.78, 5) is 2.53. The standard InChI is InChI=1S/C17H28N2O/c1-14(2)17-12-16(8-11-20-17)19(10-9-18)13-15-6-4-3-5-7-15/h3-7,14,16-17H,8-13,18H2,1-2H3. The number of nitrogens with zero attached hydrogens (tertiary/aromatic N) is 1. The topological polar surface area (TPSA) is 38.5 Å². The van der Waals surface area contributed by atoms with Gasteiger partial charge in [0.2, 0.25) is 0 Å². The van der Waals surface area contributed by atoms with E-state index in [1.54, 1.807) is 0 Å². The van der Waals surface area contributed by atoms with Crippen LogP contribution in [0.1, 0.15) is 32.3 Å². The summed E-state index contributed by atoms with van der Waals surface area (Å²) in [6.07, 6.45) is 2.64. The van der Waals surface area contributed by atoms with Gasteiger partial charge >= 0.3 is 0 Å². The summed E-state index contributed by atoms with van der Waals surface area (Å²) >= 11 is 0. The lowest BCUT2D eigenvalue weighted by atomic mass is 9.94. The van der Waals surface area contributed by atoms with Crippen LogP contribution in [0.3, 0.4) is 0 Å². The fourth-order valence-electron chi connectivity index (χ4n) is 2.98. The van der Waals surface area contributed by atoms with Crippen molar-refractivity contribution in [2.75, 3.05) is 19.7 Å². The van der Waals surface area contributed by atoms with Crippen LogP contribution in [0.2, 0.25) is 0 Å². The Kier molecular flexibility index (Phi) is 6.02. The van der Waals surface area contributed by atoms with Gasteiger partial charge in [-0.05, 0) is 24.3 Å². The average Bonchev–Trinajstić information content (AvgIpc) is 2.48. The molecule has 20 heavy (non-hydrogen) atoms. The number of hydrogen-bond acceptors (Lipinski definition) is 3. The summed E-state index contributed by atoms with van der Waals surface area (Å²) in [7, 11) is 0. The molecule has 0 aromatic heterocycles. The summed E-state index contributed by atoms with van der Waals surface area (Å²) in [5.74, 6) is 0.592. The second kappa shape index (κ2) is 7.77. The number of ether oxygens (including phenoxy) is 1. The van der Waals surface area contributed by atoms with Crippen molar-refractivity contribution in [3.8, 4) is 0 Å². The van der Waals surface area contributed by atoms with Crippen LogP contribution in [-0.4, -0.2) is 36.7 Å². The Morgan fingerprint density at radius 3 is 2.70 bits per heavy atom. The Labute approximate surface area is 123 Å². The van der Waals surface area contributed by atoms with Crippen LogP contribution in [0.15, 0.2) is 30.3 Å². The minimum atomic E-state index is 0.393. The van der Waals surface area contributed by atoms with Gasteiger partial charge in [-0.3, -0.25) is 4.90 Å². The smallest absolute Gasteiger partial charge is 0.0612 e. The van der Waals surface area contributed by atoms with Crippen LogP contribution in [0.4, 0.5) is 0 Å². The molecule has 1 heterocycles. The van der Waals surface area contributed by atoms with Crippen molar-refractivity contribution in [2.24, 2.45) is 11.7 Å². The zero-order valence-electron chi connectivity index (χ0n) is 12.8. The molecule has 2 rings (SSSR count). The fraction of sp³-hybridized carbons (Fsp3) is 0.647. The lowest BCUT2D eigenvalue weighted by Crippen LogP contribution is -2.45. The Morgan fingerprint density at radius 1 is 1.30 bits per heavy atom. The average molecular weight is 276 g/mol. The van der Waals surface area contributed by atoms with Gasteiger partial charge in [-0.15, -0.1) is 0 Å². The molecular weight excluding hydrogens is 248 g/mol. The molecule has 0 amide bonds. The first-order valence-corrected chi connectivity index (χ1v) is 7.80. The minimum Gasteiger partial charge on any atom is -0.378 e. The third kappa shape index (κ3) is 4.30. The molecule has 0 aliphatic carbocycles. The van der Waals surface area contributed by atoms with Gasteiger partial charge in [0, 0.05) is 32.3 Å². The van der Waals surface area contributed by atoms with Gasteiger partial charge in [-0.2, -0.15) is 0 Å². The molecule has 1 saturated heterocycles. The lowest BCUT2D eigenvalue weighted by Gasteiger charge is -2.38. The third-order valence-electron chi connectivity index (χ3n) is 4.19. The molecule has 112 valence electrons. The maximum absolute atomic E-state index is 5.89. The van der Waals surface area contributed by atoms with Gasteiger partial charge in [0.15, 0.2) is 0 Å². The molecule has 0 saturated carbocycles. The molecule has 0 spiro atoms. The second-order valence-electron chi connectivity index (χ2n) is 6.08. The molecular formula is C17H28N2O. The number of nitrogens with two attached hydrogens (primary N) is 1. The molecule has 2 N–H and O–H groups in total. The van der Waals surface area contributed by atoms with E-state index in [0.717, 1.165) is 39.1 Å². The maximum atomic E-state index is 5.89. The normalized spacial score (nSPS) is 23.4. The predicted molar refractivity (Wildman–Crippen MR) is 83.5 cm³/mol. The van der Waals surface area contributed by atoms with Crippen LogP contribution < -0.4 is 5.73 Å². The highest BCUT2D eigenvalue weighted by molar-refractivity contribution is 5.14. The summed E-state index contributed by atoms with van der Waals surface area (Å²) in [6, 6.07) is 11.3. The molecule has 1 aliphatic rings. The molecule has 3 heteroatoms. The molecule has 1 aromatic carbocycles. The van der Waals surface area contributed by atoms with Gasteiger partial charge < -0.3 is 10.5 Å². The van der Waals surface area contributed by atoms with Crippen LogP contribution in [0.25, 0.3) is 0 Å². The van der Waals surface area contributed by atoms with E-state index in [1.807, 2.05) is 0 Å². The van der Waals surface area contributed by atoms with E-state index in [9.17, 15) is 0 Å². The third-order valence-corrected chi connectivity index (χ3v) is 4.19. The first kappa shape index (κ1) is 15.5. The van der Waals surface area contributed by atoms with Crippen LogP contribution in [0, 0.1) is 5.92 Å². The highest BCUT2D eigenvalue weighted by Gasteiger charge is 2.28. The molecule has 1 aliphatic heterocycles. The Hall–Kier alpha value is -0.900. The maximum Gasteiger partial charge on any atom is 0.0612 e. The van der Waals surface area contributed by atoms with Gasteiger partial charge in [-0.1, -0.05) is 44.2 Å². The van der Waals surface area contributed by atoms with Gasteiger partial charge in [0.1, 0.15) is 0 Å². The highest BCUT2D eigenvalue weighted by Crippen LogP contribution is 2.25. The van der Waals surface area contributed by atoms with Crippen LogP contribution in [0.5, 0.6) is 0 Å². The van der Waals surface area contributed by atoms with Crippen LogP contribution in [-0.2, 0) is 11.3 Å². The van der Waals surface area contributed by atoms with Crippen molar-refractivity contribution in [3.63, 3.8) is 0 Å². The molecule has 1 aromatic rings.